The van der Waals surface area contributed by atoms with E-state index in [9.17, 15) is 20.0 Å². The molecule has 0 spiro atoms. The second-order valence-corrected chi connectivity index (χ2v) is 4.82. The van der Waals surface area contributed by atoms with Gasteiger partial charge in [-0.2, -0.15) is 0 Å². The van der Waals surface area contributed by atoms with Gasteiger partial charge in [0, 0.05) is 30.8 Å². The van der Waals surface area contributed by atoms with Crippen molar-refractivity contribution in [3.63, 3.8) is 0 Å². The zero-order chi connectivity index (χ0) is 14.7. The summed E-state index contributed by atoms with van der Waals surface area (Å²) >= 11 is 0. The maximum Gasteiger partial charge on any atom is 0.310 e. The number of carbonyl (C=O) groups excluding carboxylic acids is 1. The number of piperidine rings is 1. The topological polar surface area (TPSA) is 95.7 Å². The Hall–Kier alpha value is -2.15. The van der Waals surface area contributed by atoms with Crippen LogP contribution < -0.4 is 5.32 Å². The Morgan fingerprint density at radius 1 is 1.45 bits per heavy atom. The van der Waals surface area contributed by atoms with E-state index >= 15 is 0 Å². The molecule has 0 radical (unpaired) electrons. The third-order valence-corrected chi connectivity index (χ3v) is 3.61. The van der Waals surface area contributed by atoms with Crippen molar-refractivity contribution in [1.29, 1.82) is 0 Å². The van der Waals surface area contributed by atoms with Gasteiger partial charge in [0.05, 0.1) is 4.92 Å². The summed E-state index contributed by atoms with van der Waals surface area (Å²) in [5, 5.41) is 23.4. The number of phenolic OH excluding ortho intramolecular Hbond substituents is 1. The quantitative estimate of drug-likeness (QED) is 0.638. The van der Waals surface area contributed by atoms with Gasteiger partial charge in [0.15, 0.2) is 5.75 Å². The van der Waals surface area contributed by atoms with E-state index in [0.29, 0.717) is 19.1 Å². The number of nitro groups is 1. The lowest BCUT2D eigenvalue weighted by molar-refractivity contribution is -0.385. The zero-order valence-electron chi connectivity index (χ0n) is 11.2. The first-order valence-corrected chi connectivity index (χ1v) is 6.47. The molecule has 20 heavy (non-hydrogen) atoms. The van der Waals surface area contributed by atoms with Crippen LogP contribution in [-0.4, -0.2) is 47.0 Å². The number of aromatic hydroxyl groups is 1. The molecule has 0 atom stereocenters. The lowest BCUT2D eigenvalue weighted by Crippen LogP contribution is -2.43. The molecule has 1 aromatic rings. The van der Waals surface area contributed by atoms with E-state index in [-0.39, 0.29) is 11.5 Å². The average Bonchev–Trinajstić information content (AvgIpc) is 2.46. The fraction of sp³-hybridized carbons (Fsp3) is 0.462. The maximum atomic E-state index is 12.3. The Morgan fingerprint density at radius 3 is 2.60 bits per heavy atom. The third-order valence-electron chi connectivity index (χ3n) is 3.61. The number of nitrogens with one attached hydrogen (secondary N) is 1. The molecular weight excluding hydrogens is 262 g/mol. The molecule has 2 rings (SSSR count). The van der Waals surface area contributed by atoms with E-state index in [2.05, 4.69) is 5.32 Å². The third kappa shape index (κ3) is 2.88. The fourth-order valence-corrected chi connectivity index (χ4v) is 2.36. The summed E-state index contributed by atoms with van der Waals surface area (Å²) in [6.45, 7) is 1.28. The molecule has 1 saturated heterocycles. The van der Waals surface area contributed by atoms with Crippen LogP contribution in [0.25, 0.3) is 0 Å². The maximum absolute atomic E-state index is 12.3. The Labute approximate surface area is 116 Å². The van der Waals surface area contributed by atoms with Crippen molar-refractivity contribution in [3.05, 3.63) is 33.9 Å². The molecule has 0 bridgehead atoms. The molecule has 0 aromatic heterocycles. The van der Waals surface area contributed by atoms with Gasteiger partial charge in [-0.15, -0.1) is 0 Å². The molecule has 0 saturated carbocycles. The molecule has 0 aliphatic carbocycles. The van der Waals surface area contributed by atoms with Crippen LogP contribution in [0.1, 0.15) is 23.2 Å². The first-order valence-electron chi connectivity index (χ1n) is 6.47. The summed E-state index contributed by atoms with van der Waals surface area (Å²) in [5.41, 5.74) is -0.119. The van der Waals surface area contributed by atoms with Crippen LogP contribution in [0.5, 0.6) is 5.75 Å². The summed E-state index contributed by atoms with van der Waals surface area (Å²) in [4.78, 5) is 23.9. The first kappa shape index (κ1) is 14.3. The van der Waals surface area contributed by atoms with E-state index in [4.69, 9.17) is 0 Å². The van der Waals surface area contributed by atoms with Gasteiger partial charge in [-0.05, 0) is 32.0 Å². The number of rotatable bonds is 3. The van der Waals surface area contributed by atoms with Crippen LogP contribution in [0.2, 0.25) is 0 Å². The number of carbonyl (C=O) groups is 1. The van der Waals surface area contributed by atoms with Crippen LogP contribution in [0.4, 0.5) is 5.69 Å². The van der Waals surface area contributed by atoms with Crippen LogP contribution in [0, 0.1) is 10.1 Å². The molecule has 108 valence electrons. The minimum absolute atomic E-state index is 0.204. The van der Waals surface area contributed by atoms with Crippen molar-refractivity contribution in [1.82, 2.24) is 10.2 Å². The van der Waals surface area contributed by atoms with Crippen LogP contribution in [-0.2, 0) is 0 Å². The second kappa shape index (κ2) is 5.87. The highest BCUT2D eigenvalue weighted by Gasteiger charge is 2.24. The largest absolute Gasteiger partial charge is 0.502 e. The highest BCUT2D eigenvalue weighted by Crippen LogP contribution is 2.27. The summed E-state index contributed by atoms with van der Waals surface area (Å²) in [5.74, 6) is -0.685. The Morgan fingerprint density at radius 2 is 2.10 bits per heavy atom. The monoisotopic (exact) mass is 279 g/mol. The Bertz CT molecular complexity index is 524. The van der Waals surface area contributed by atoms with E-state index in [1.807, 2.05) is 7.05 Å². The number of amides is 1. The lowest BCUT2D eigenvalue weighted by Gasteiger charge is -2.31. The van der Waals surface area contributed by atoms with Gasteiger partial charge in [0.25, 0.3) is 5.91 Å². The van der Waals surface area contributed by atoms with Crippen LogP contribution >= 0.6 is 0 Å². The number of hydrogen-bond donors (Lipinski definition) is 2. The van der Waals surface area contributed by atoms with Gasteiger partial charge in [-0.1, -0.05) is 0 Å². The van der Waals surface area contributed by atoms with Crippen LogP contribution in [0.15, 0.2) is 18.2 Å². The minimum atomic E-state index is -0.679. The smallest absolute Gasteiger partial charge is 0.310 e. The average molecular weight is 279 g/mol. The predicted octanol–water partition coefficient (Wildman–Crippen LogP) is 1.12. The molecule has 1 aliphatic rings. The van der Waals surface area contributed by atoms with Gasteiger partial charge in [-0.3, -0.25) is 14.9 Å². The van der Waals surface area contributed by atoms with Gasteiger partial charge in [0.2, 0.25) is 0 Å². The number of nitrogens with zero attached hydrogens (tertiary/aromatic N) is 2. The molecular formula is C13H17N3O4. The molecule has 2 N–H and O–H groups in total. The van der Waals surface area contributed by atoms with Crippen molar-refractivity contribution in [2.75, 3.05) is 20.1 Å². The molecule has 1 fully saturated rings. The number of nitro benzene ring substituents is 1. The van der Waals surface area contributed by atoms with Gasteiger partial charge in [0.1, 0.15) is 0 Å². The van der Waals surface area contributed by atoms with Crippen LogP contribution in [0.3, 0.4) is 0 Å². The molecule has 1 aromatic carbocycles. The SMILES string of the molecule is CNC1CCN(C(=O)c2ccc([N+](=O)[O-])c(O)c2)CC1. The number of phenols is 1. The Balaban J connectivity index is 2.10. The van der Waals surface area contributed by atoms with Crippen molar-refractivity contribution in [2.24, 2.45) is 0 Å². The van der Waals surface area contributed by atoms with Crippen molar-refractivity contribution >= 4 is 11.6 Å². The highest BCUT2D eigenvalue weighted by molar-refractivity contribution is 5.95. The molecule has 7 heteroatoms. The molecule has 7 nitrogen and oxygen atoms in total. The van der Waals surface area contributed by atoms with Crippen molar-refractivity contribution in [3.8, 4) is 5.75 Å². The number of benzene rings is 1. The van der Waals surface area contributed by atoms with Crippen molar-refractivity contribution < 1.29 is 14.8 Å². The van der Waals surface area contributed by atoms with Gasteiger partial charge in [-0.25, -0.2) is 0 Å². The van der Waals surface area contributed by atoms with Gasteiger partial charge >= 0.3 is 5.69 Å². The summed E-state index contributed by atoms with van der Waals surface area (Å²) in [7, 11) is 1.90. The zero-order valence-corrected chi connectivity index (χ0v) is 11.2. The first-order chi connectivity index (χ1) is 9.52. The number of hydrogen-bond acceptors (Lipinski definition) is 5. The minimum Gasteiger partial charge on any atom is -0.502 e. The fourth-order valence-electron chi connectivity index (χ4n) is 2.36. The number of likely N-dealkylation sites (tertiary alicyclic amines) is 1. The normalized spacial score (nSPS) is 16.1. The summed E-state index contributed by atoms with van der Waals surface area (Å²) < 4.78 is 0. The van der Waals surface area contributed by atoms with Gasteiger partial charge < -0.3 is 15.3 Å². The van der Waals surface area contributed by atoms with E-state index < -0.39 is 16.4 Å². The molecule has 1 aliphatic heterocycles. The molecule has 1 heterocycles. The second-order valence-electron chi connectivity index (χ2n) is 4.82. The van der Waals surface area contributed by atoms with E-state index in [1.54, 1.807) is 4.90 Å². The Kier molecular flexibility index (Phi) is 4.19. The summed E-state index contributed by atoms with van der Waals surface area (Å²) in [6, 6.07) is 4.11. The summed E-state index contributed by atoms with van der Waals surface area (Å²) in [6.07, 6.45) is 1.75. The highest BCUT2D eigenvalue weighted by atomic mass is 16.6. The van der Waals surface area contributed by atoms with E-state index in [0.717, 1.165) is 25.0 Å². The van der Waals surface area contributed by atoms with Crippen molar-refractivity contribution in [2.45, 2.75) is 18.9 Å². The standard InChI is InChI=1S/C13H17N3O4/c1-14-10-4-6-15(7-5-10)13(18)9-2-3-11(16(19)20)12(17)8-9/h2-3,8,10,14,17H,4-7H2,1H3. The molecule has 1 amide bonds. The predicted molar refractivity (Wildman–Crippen MR) is 72.7 cm³/mol. The van der Waals surface area contributed by atoms with E-state index in [1.165, 1.54) is 6.07 Å². The lowest BCUT2D eigenvalue weighted by atomic mass is 10.0. The molecule has 0 unspecified atom stereocenters.